The number of rotatable bonds is 9. The van der Waals surface area contributed by atoms with Crippen LogP contribution in [-0.2, 0) is 22.6 Å². The summed E-state index contributed by atoms with van der Waals surface area (Å²) in [5.41, 5.74) is 8.34. The number of benzene rings is 2. The standard InChI is InChI=1S/C22H27FN4O2/c1-4-29-12-11-27-19-13-16(15-5-8-17(23)9-6-15)7-10-18(19)26-20(27)14-25-22(2,3)21(24)28/h5-10,13,25H,4,11-12,14H2,1-3H3,(H2,24,28). The monoisotopic (exact) mass is 398 g/mol. The summed E-state index contributed by atoms with van der Waals surface area (Å²) >= 11 is 0. The summed E-state index contributed by atoms with van der Waals surface area (Å²) in [4.78, 5) is 16.4. The molecule has 0 fully saturated rings. The average molecular weight is 398 g/mol. The number of primary amides is 1. The van der Waals surface area contributed by atoms with Crippen LogP contribution >= 0.6 is 0 Å². The second-order valence-electron chi connectivity index (χ2n) is 7.43. The average Bonchev–Trinajstić information content (AvgIpc) is 3.04. The predicted molar refractivity (Wildman–Crippen MR) is 112 cm³/mol. The van der Waals surface area contributed by atoms with Crippen molar-refractivity contribution in [2.45, 2.75) is 39.4 Å². The molecular formula is C22H27FN4O2. The summed E-state index contributed by atoms with van der Waals surface area (Å²) in [5, 5.41) is 3.18. The van der Waals surface area contributed by atoms with Gasteiger partial charge in [-0.1, -0.05) is 18.2 Å². The predicted octanol–water partition coefficient (Wildman–Crippen LogP) is 3.23. The number of aromatic nitrogens is 2. The Kier molecular flexibility index (Phi) is 6.30. The highest BCUT2D eigenvalue weighted by Crippen LogP contribution is 2.26. The Morgan fingerprint density at radius 2 is 1.90 bits per heavy atom. The molecule has 1 amide bonds. The van der Waals surface area contributed by atoms with Gasteiger partial charge < -0.3 is 15.0 Å². The van der Waals surface area contributed by atoms with E-state index in [9.17, 15) is 9.18 Å². The van der Waals surface area contributed by atoms with E-state index < -0.39 is 11.4 Å². The van der Waals surface area contributed by atoms with E-state index in [2.05, 4.69) is 9.88 Å². The van der Waals surface area contributed by atoms with Crippen molar-refractivity contribution in [3.63, 3.8) is 0 Å². The van der Waals surface area contributed by atoms with Crippen molar-refractivity contribution in [1.82, 2.24) is 14.9 Å². The van der Waals surface area contributed by atoms with Gasteiger partial charge in [-0.2, -0.15) is 0 Å². The maximum absolute atomic E-state index is 13.3. The zero-order valence-electron chi connectivity index (χ0n) is 17.0. The molecule has 7 heteroatoms. The zero-order valence-corrected chi connectivity index (χ0v) is 17.0. The molecule has 6 nitrogen and oxygen atoms in total. The van der Waals surface area contributed by atoms with Gasteiger partial charge in [0, 0.05) is 13.2 Å². The topological polar surface area (TPSA) is 82.2 Å². The molecule has 0 bridgehead atoms. The molecule has 1 heterocycles. The van der Waals surface area contributed by atoms with Crippen LogP contribution in [0.15, 0.2) is 42.5 Å². The van der Waals surface area contributed by atoms with Crippen LogP contribution in [-0.4, -0.2) is 34.2 Å². The van der Waals surface area contributed by atoms with Crippen molar-refractivity contribution in [2.24, 2.45) is 5.73 Å². The first kappa shape index (κ1) is 21.0. The van der Waals surface area contributed by atoms with Crippen LogP contribution < -0.4 is 11.1 Å². The first-order valence-electron chi connectivity index (χ1n) is 9.69. The first-order valence-corrected chi connectivity index (χ1v) is 9.69. The van der Waals surface area contributed by atoms with Crippen molar-refractivity contribution < 1.29 is 13.9 Å². The van der Waals surface area contributed by atoms with Gasteiger partial charge in [-0.25, -0.2) is 9.37 Å². The van der Waals surface area contributed by atoms with Gasteiger partial charge in [0.05, 0.1) is 29.7 Å². The number of carbonyl (C=O) groups is 1. The number of hydrogen-bond acceptors (Lipinski definition) is 4. The second kappa shape index (κ2) is 8.71. The normalized spacial score (nSPS) is 11.9. The molecule has 0 aliphatic rings. The second-order valence-corrected chi connectivity index (χ2v) is 7.43. The van der Waals surface area contributed by atoms with E-state index in [1.54, 1.807) is 26.0 Å². The maximum atomic E-state index is 13.3. The molecule has 154 valence electrons. The van der Waals surface area contributed by atoms with Gasteiger partial charge in [-0.05, 0) is 56.2 Å². The van der Waals surface area contributed by atoms with Gasteiger partial charge in [0.1, 0.15) is 11.6 Å². The summed E-state index contributed by atoms with van der Waals surface area (Å²) in [6, 6.07) is 12.4. The van der Waals surface area contributed by atoms with E-state index in [-0.39, 0.29) is 5.82 Å². The molecule has 0 radical (unpaired) electrons. The number of hydrogen-bond donors (Lipinski definition) is 2. The number of carbonyl (C=O) groups excluding carboxylic acids is 1. The molecule has 0 saturated heterocycles. The largest absolute Gasteiger partial charge is 0.380 e. The third-order valence-electron chi connectivity index (χ3n) is 4.97. The van der Waals surface area contributed by atoms with E-state index in [0.717, 1.165) is 28.0 Å². The summed E-state index contributed by atoms with van der Waals surface area (Å²) in [5.74, 6) is 0.111. The molecule has 0 unspecified atom stereocenters. The molecule has 29 heavy (non-hydrogen) atoms. The maximum Gasteiger partial charge on any atom is 0.237 e. The summed E-state index contributed by atoms with van der Waals surface area (Å²) < 4.78 is 20.9. The Labute approximate surface area is 169 Å². The fraction of sp³-hybridized carbons (Fsp3) is 0.364. The number of fused-ring (bicyclic) bond motifs is 1. The fourth-order valence-corrected chi connectivity index (χ4v) is 3.07. The van der Waals surface area contributed by atoms with Gasteiger partial charge in [0.15, 0.2) is 0 Å². The minimum Gasteiger partial charge on any atom is -0.380 e. The third-order valence-corrected chi connectivity index (χ3v) is 4.97. The van der Waals surface area contributed by atoms with Crippen LogP contribution in [0.1, 0.15) is 26.6 Å². The number of nitrogens with two attached hydrogens (primary N) is 1. The molecule has 0 aliphatic carbocycles. The molecule has 0 atom stereocenters. The molecule has 3 rings (SSSR count). The number of ether oxygens (including phenoxy) is 1. The highest BCUT2D eigenvalue weighted by molar-refractivity contribution is 5.84. The molecule has 3 aromatic rings. The Morgan fingerprint density at radius 1 is 1.21 bits per heavy atom. The zero-order chi connectivity index (χ0) is 21.0. The van der Waals surface area contributed by atoms with Crippen LogP contribution in [0.3, 0.4) is 0 Å². The van der Waals surface area contributed by atoms with Crippen molar-refractivity contribution in [1.29, 1.82) is 0 Å². The minimum absolute atomic E-state index is 0.262. The number of nitrogens with zero attached hydrogens (tertiary/aromatic N) is 2. The van der Waals surface area contributed by atoms with Crippen molar-refractivity contribution >= 4 is 16.9 Å². The minimum atomic E-state index is -0.845. The number of nitrogens with one attached hydrogen (secondary N) is 1. The molecule has 0 saturated carbocycles. The Bertz CT molecular complexity index is 996. The molecule has 1 aromatic heterocycles. The van der Waals surface area contributed by atoms with Gasteiger partial charge in [-0.3, -0.25) is 10.1 Å². The van der Waals surface area contributed by atoms with Gasteiger partial charge in [0.25, 0.3) is 0 Å². The van der Waals surface area contributed by atoms with Crippen LogP contribution in [0.25, 0.3) is 22.2 Å². The summed E-state index contributed by atoms with van der Waals surface area (Å²) in [7, 11) is 0. The van der Waals surface area contributed by atoms with E-state index in [0.29, 0.717) is 26.3 Å². The van der Waals surface area contributed by atoms with Gasteiger partial charge in [0.2, 0.25) is 5.91 Å². The van der Waals surface area contributed by atoms with E-state index in [4.69, 9.17) is 15.5 Å². The van der Waals surface area contributed by atoms with Crippen LogP contribution in [0.5, 0.6) is 0 Å². The Morgan fingerprint density at radius 3 is 2.55 bits per heavy atom. The lowest BCUT2D eigenvalue weighted by Crippen LogP contribution is -2.50. The molecule has 2 aromatic carbocycles. The van der Waals surface area contributed by atoms with Crippen LogP contribution in [0, 0.1) is 5.82 Å². The molecule has 3 N–H and O–H groups in total. The smallest absolute Gasteiger partial charge is 0.237 e. The summed E-state index contributed by atoms with van der Waals surface area (Å²) in [6.07, 6.45) is 0. The van der Waals surface area contributed by atoms with Crippen LogP contribution in [0.2, 0.25) is 0 Å². The highest BCUT2D eigenvalue weighted by atomic mass is 19.1. The summed E-state index contributed by atoms with van der Waals surface area (Å²) in [6.45, 7) is 7.65. The molecular weight excluding hydrogens is 371 g/mol. The van der Waals surface area contributed by atoms with Crippen molar-refractivity contribution in [2.75, 3.05) is 13.2 Å². The van der Waals surface area contributed by atoms with E-state index in [1.165, 1.54) is 12.1 Å². The van der Waals surface area contributed by atoms with E-state index in [1.807, 2.05) is 25.1 Å². The quantitative estimate of drug-likeness (QED) is 0.542. The fourth-order valence-electron chi connectivity index (χ4n) is 3.07. The van der Waals surface area contributed by atoms with E-state index >= 15 is 0 Å². The van der Waals surface area contributed by atoms with Crippen molar-refractivity contribution in [3.05, 3.63) is 54.1 Å². The van der Waals surface area contributed by atoms with Gasteiger partial charge >= 0.3 is 0 Å². The lowest BCUT2D eigenvalue weighted by atomic mass is 10.1. The SMILES string of the molecule is CCOCCn1c(CNC(C)(C)C(N)=O)nc2ccc(-c3ccc(F)cc3)cc21. The number of halogens is 1. The van der Waals surface area contributed by atoms with Crippen molar-refractivity contribution in [3.8, 4) is 11.1 Å². The lowest BCUT2D eigenvalue weighted by Gasteiger charge is -2.22. The lowest BCUT2D eigenvalue weighted by molar-refractivity contribution is -0.123. The molecule has 0 spiro atoms. The van der Waals surface area contributed by atoms with Gasteiger partial charge in [-0.15, -0.1) is 0 Å². The number of amides is 1. The Balaban J connectivity index is 1.98. The number of imidazole rings is 1. The Hall–Kier alpha value is -2.77. The molecule has 0 aliphatic heterocycles. The first-order chi connectivity index (χ1) is 13.8. The third kappa shape index (κ3) is 4.81. The highest BCUT2D eigenvalue weighted by Gasteiger charge is 2.25. The van der Waals surface area contributed by atoms with Crippen LogP contribution in [0.4, 0.5) is 4.39 Å².